The number of carbonyl (C=O) groups is 1. The van der Waals surface area contributed by atoms with Gasteiger partial charge in [-0.1, -0.05) is 12.1 Å². The van der Waals surface area contributed by atoms with Crippen molar-refractivity contribution in [1.82, 2.24) is 0 Å². The molecule has 2 aliphatic carbocycles. The minimum absolute atomic E-state index is 0.0565. The molecule has 5 rings (SSSR count). The van der Waals surface area contributed by atoms with Crippen LogP contribution in [0.5, 0.6) is 23.0 Å². The Bertz CT molecular complexity index is 1170. The van der Waals surface area contributed by atoms with Gasteiger partial charge in [0.2, 0.25) is 0 Å². The molecule has 34 heavy (non-hydrogen) atoms. The second kappa shape index (κ2) is 9.35. The first kappa shape index (κ1) is 22.2. The predicted molar refractivity (Wildman–Crippen MR) is 122 cm³/mol. The van der Waals surface area contributed by atoms with E-state index in [9.17, 15) is 9.18 Å². The van der Waals surface area contributed by atoms with Crippen molar-refractivity contribution < 1.29 is 33.6 Å². The van der Waals surface area contributed by atoms with Crippen LogP contribution in [0.1, 0.15) is 41.6 Å². The lowest BCUT2D eigenvalue weighted by Gasteiger charge is -2.17. The third-order valence-corrected chi connectivity index (χ3v) is 6.35. The minimum atomic E-state index is -0.757. The van der Waals surface area contributed by atoms with Gasteiger partial charge >= 0.3 is 5.97 Å². The number of carboxylic acids is 1. The fourth-order valence-electron chi connectivity index (χ4n) is 4.54. The lowest BCUT2D eigenvalue weighted by molar-refractivity contribution is -0.138. The number of halogens is 1. The van der Waals surface area contributed by atoms with Crippen molar-refractivity contribution in [3.8, 4) is 23.0 Å². The second-order valence-corrected chi connectivity index (χ2v) is 8.58. The van der Waals surface area contributed by atoms with E-state index in [0.29, 0.717) is 47.8 Å². The molecule has 0 heterocycles. The fraction of sp³-hybridized carbons (Fsp3) is 0.296. The Morgan fingerprint density at radius 3 is 2.35 bits per heavy atom. The van der Waals surface area contributed by atoms with Crippen molar-refractivity contribution in [2.75, 3.05) is 13.2 Å². The van der Waals surface area contributed by atoms with Crippen LogP contribution in [-0.2, 0) is 11.2 Å². The van der Waals surface area contributed by atoms with Gasteiger partial charge in [-0.25, -0.2) is 4.39 Å². The van der Waals surface area contributed by atoms with Gasteiger partial charge in [-0.05, 0) is 79.3 Å². The first-order valence-corrected chi connectivity index (χ1v) is 11.4. The Kier molecular flexibility index (Phi) is 6.11. The average Bonchev–Trinajstić information content (AvgIpc) is 3.55. The number of aliphatic carboxylic acids is 1. The third-order valence-electron chi connectivity index (χ3n) is 6.35. The highest BCUT2D eigenvalue weighted by Crippen LogP contribution is 2.48. The maximum atomic E-state index is 14.8. The smallest absolute Gasteiger partial charge is 0.307 e. The zero-order valence-electron chi connectivity index (χ0n) is 18.4. The molecule has 3 aromatic carbocycles. The molecule has 7 heteroatoms. The molecule has 1 fully saturated rings. The molecule has 3 aromatic rings. The van der Waals surface area contributed by atoms with Crippen LogP contribution < -0.4 is 14.2 Å². The number of ether oxygens (including phenoxy) is 3. The van der Waals surface area contributed by atoms with Crippen LogP contribution in [0.4, 0.5) is 4.39 Å². The summed E-state index contributed by atoms with van der Waals surface area (Å²) in [6, 6.07) is 17.5. The summed E-state index contributed by atoms with van der Waals surface area (Å²) in [6.07, 6.45) is 1.50. The van der Waals surface area contributed by atoms with Crippen molar-refractivity contribution in [2.24, 2.45) is 5.92 Å². The lowest BCUT2D eigenvalue weighted by Crippen LogP contribution is -2.06. The zero-order valence-corrected chi connectivity index (χ0v) is 18.4. The number of fused-ring (bicyclic) bond motifs is 1. The van der Waals surface area contributed by atoms with Gasteiger partial charge in [0.15, 0.2) is 0 Å². The highest BCUT2D eigenvalue weighted by Gasteiger charge is 2.44. The number of aliphatic hydroxyl groups excluding tert-OH is 1. The van der Waals surface area contributed by atoms with E-state index in [1.165, 1.54) is 6.07 Å². The van der Waals surface area contributed by atoms with Gasteiger partial charge in [0.05, 0.1) is 12.5 Å². The van der Waals surface area contributed by atoms with Crippen LogP contribution in [0.25, 0.3) is 0 Å². The Morgan fingerprint density at radius 2 is 1.68 bits per heavy atom. The molecular formula is C27H25FO6. The topological polar surface area (TPSA) is 85.2 Å². The number of aliphatic hydroxyl groups is 1. The number of carboxylic acid groups (broad SMARTS) is 1. The van der Waals surface area contributed by atoms with E-state index < -0.39 is 12.1 Å². The predicted octanol–water partition coefficient (Wildman–Crippen LogP) is 5.24. The largest absolute Gasteiger partial charge is 0.491 e. The summed E-state index contributed by atoms with van der Waals surface area (Å²) in [6.45, 7) is 0.165. The summed E-state index contributed by atoms with van der Waals surface area (Å²) in [5.74, 6) is 1.13. The Balaban J connectivity index is 1.29. The van der Waals surface area contributed by atoms with E-state index in [0.717, 1.165) is 11.1 Å². The number of hydrogen-bond acceptors (Lipinski definition) is 5. The minimum Gasteiger partial charge on any atom is -0.491 e. The van der Waals surface area contributed by atoms with Gasteiger partial charge in [0.1, 0.15) is 41.5 Å². The van der Waals surface area contributed by atoms with Crippen molar-refractivity contribution in [1.29, 1.82) is 0 Å². The molecule has 6 nitrogen and oxygen atoms in total. The molecule has 0 aliphatic heterocycles. The standard InChI is InChI=1S/C27H25FO6/c28-23-10-12-24(33-19-7-5-17(6-8-19)32-14-13-29)20-9-11-25(26(20)23)34-18-3-1-16(2-4-18)21-15-22(21)27(30)31/h1-8,10,12,21-22,25,29H,9,11,13-15H2,(H,30,31). The van der Waals surface area contributed by atoms with E-state index in [1.54, 1.807) is 30.3 Å². The molecule has 0 amide bonds. The molecule has 1 saturated carbocycles. The molecule has 0 bridgehead atoms. The third kappa shape index (κ3) is 4.56. The summed E-state index contributed by atoms with van der Waals surface area (Å²) >= 11 is 0. The fourth-order valence-corrected chi connectivity index (χ4v) is 4.54. The number of rotatable bonds is 9. The molecule has 3 unspecified atom stereocenters. The van der Waals surface area contributed by atoms with E-state index in [-0.39, 0.29) is 30.9 Å². The summed E-state index contributed by atoms with van der Waals surface area (Å²) in [4.78, 5) is 11.1. The van der Waals surface area contributed by atoms with Gasteiger partial charge in [-0.15, -0.1) is 0 Å². The first-order chi connectivity index (χ1) is 16.5. The van der Waals surface area contributed by atoms with Crippen molar-refractivity contribution in [2.45, 2.75) is 31.3 Å². The van der Waals surface area contributed by atoms with Gasteiger partial charge in [-0.3, -0.25) is 4.79 Å². The zero-order chi connectivity index (χ0) is 23.7. The van der Waals surface area contributed by atoms with Crippen LogP contribution in [0.3, 0.4) is 0 Å². The summed E-state index contributed by atoms with van der Waals surface area (Å²) < 4.78 is 32.3. The molecule has 3 atom stereocenters. The second-order valence-electron chi connectivity index (χ2n) is 8.58. The van der Waals surface area contributed by atoms with Crippen molar-refractivity contribution in [3.05, 3.63) is 83.2 Å². The molecule has 0 spiro atoms. The van der Waals surface area contributed by atoms with E-state index in [4.69, 9.17) is 24.4 Å². The van der Waals surface area contributed by atoms with Crippen LogP contribution in [0.15, 0.2) is 60.7 Å². The Labute approximate surface area is 196 Å². The summed E-state index contributed by atoms with van der Waals surface area (Å²) in [5, 5.41) is 18.0. The van der Waals surface area contributed by atoms with E-state index >= 15 is 0 Å². The van der Waals surface area contributed by atoms with E-state index in [1.807, 2.05) is 24.3 Å². The number of benzene rings is 3. The van der Waals surface area contributed by atoms with E-state index in [2.05, 4.69) is 0 Å². The quantitative estimate of drug-likeness (QED) is 0.450. The summed E-state index contributed by atoms with van der Waals surface area (Å²) in [7, 11) is 0. The molecule has 2 aliphatic rings. The molecule has 0 saturated heterocycles. The highest BCUT2D eigenvalue weighted by molar-refractivity contribution is 5.75. The van der Waals surface area contributed by atoms with Crippen LogP contribution in [-0.4, -0.2) is 29.4 Å². The highest BCUT2D eigenvalue weighted by atomic mass is 19.1. The van der Waals surface area contributed by atoms with Gasteiger partial charge in [0.25, 0.3) is 0 Å². The summed E-state index contributed by atoms with van der Waals surface area (Å²) in [5.41, 5.74) is 2.29. The molecule has 0 aromatic heterocycles. The molecule has 176 valence electrons. The maximum Gasteiger partial charge on any atom is 0.307 e. The molecule has 0 radical (unpaired) electrons. The van der Waals surface area contributed by atoms with Gasteiger partial charge in [-0.2, -0.15) is 0 Å². The Hall–Kier alpha value is -3.58. The molecule has 2 N–H and O–H groups in total. The lowest BCUT2D eigenvalue weighted by atomic mass is 10.1. The number of hydrogen-bond donors (Lipinski definition) is 2. The first-order valence-electron chi connectivity index (χ1n) is 11.4. The maximum absolute atomic E-state index is 14.8. The van der Waals surface area contributed by atoms with Crippen molar-refractivity contribution in [3.63, 3.8) is 0 Å². The normalized spacial score (nSPS) is 20.5. The van der Waals surface area contributed by atoms with Crippen LogP contribution in [0.2, 0.25) is 0 Å². The van der Waals surface area contributed by atoms with Crippen LogP contribution >= 0.6 is 0 Å². The monoisotopic (exact) mass is 464 g/mol. The SMILES string of the molecule is O=C(O)C1CC1c1ccc(OC2CCc3c(Oc4ccc(OCCO)cc4)ccc(F)c32)cc1. The van der Waals surface area contributed by atoms with Crippen molar-refractivity contribution >= 4 is 5.97 Å². The Morgan fingerprint density at radius 1 is 0.971 bits per heavy atom. The van der Waals surface area contributed by atoms with Crippen LogP contribution in [0, 0.1) is 11.7 Å². The molecular weight excluding hydrogens is 439 g/mol. The average molecular weight is 464 g/mol. The van der Waals surface area contributed by atoms with Gasteiger partial charge < -0.3 is 24.4 Å². The van der Waals surface area contributed by atoms with Gasteiger partial charge in [0, 0.05) is 11.1 Å².